The van der Waals surface area contributed by atoms with Crippen molar-refractivity contribution in [1.29, 1.82) is 0 Å². The number of nitrogens with zero attached hydrogens (tertiary/aromatic N) is 3. The van der Waals surface area contributed by atoms with E-state index >= 15 is 0 Å². The van der Waals surface area contributed by atoms with Crippen molar-refractivity contribution < 1.29 is 4.39 Å². The van der Waals surface area contributed by atoms with Gasteiger partial charge in [0.2, 0.25) is 0 Å². The van der Waals surface area contributed by atoms with E-state index in [1.807, 2.05) is 6.92 Å². The van der Waals surface area contributed by atoms with Gasteiger partial charge in [-0.15, -0.1) is 0 Å². The lowest BCUT2D eigenvalue weighted by atomic mass is 10.1. The minimum atomic E-state index is -0.292. The molecule has 21 heavy (non-hydrogen) atoms. The van der Waals surface area contributed by atoms with Gasteiger partial charge in [-0.1, -0.05) is 48.3 Å². The number of rotatable bonds is 3. The second-order valence-electron chi connectivity index (χ2n) is 4.70. The molecule has 2 heterocycles. The van der Waals surface area contributed by atoms with E-state index < -0.39 is 0 Å². The SMILES string of the molecule is CCc1cnn2c(Cl)c(Cc3ccccc3F)c(Cl)nc12. The maximum absolute atomic E-state index is 13.8. The molecule has 0 saturated heterocycles. The molecule has 0 radical (unpaired) electrons. The lowest BCUT2D eigenvalue weighted by molar-refractivity contribution is 0.613. The molecule has 0 bridgehead atoms. The van der Waals surface area contributed by atoms with Crippen LogP contribution in [0.1, 0.15) is 23.6 Å². The summed E-state index contributed by atoms with van der Waals surface area (Å²) in [7, 11) is 0. The summed E-state index contributed by atoms with van der Waals surface area (Å²) in [6.45, 7) is 2.01. The lowest BCUT2D eigenvalue weighted by Gasteiger charge is -2.09. The predicted octanol–water partition coefficient (Wildman–Crippen LogP) is 4.33. The van der Waals surface area contributed by atoms with Crippen molar-refractivity contribution in [3.05, 3.63) is 63.3 Å². The highest BCUT2D eigenvalue weighted by molar-refractivity contribution is 6.35. The van der Waals surface area contributed by atoms with Gasteiger partial charge in [0.15, 0.2) is 5.65 Å². The normalized spacial score (nSPS) is 11.2. The van der Waals surface area contributed by atoms with Crippen LogP contribution in [0.3, 0.4) is 0 Å². The fourth-order valence-corrected chi connectivity index (χ4v) is 2.80. The van der Waals surface area contributed by atoms with Gasteiger partial charge in [-0.2, -0.15) is 5.10 Å². The zero-order valence-electron chi connectivity index (χ0n) is 11.3. The summed E-state index contributed by atoms with van der Waals surface area (Å²) in [5.41, 5.74) is 2.70. The number of hydrogen-bond donors (Lipinski definition) is 0. The Morgan fingerprint density at radius 2 is 1.95 bits per heavy atom. The van der Waals surface area contributed by atoms with Crippen LogP contribution in [0.5, 0.6) is 0 Å². The van der Waals surface area contributed by atoms with Crippen LogP contribution in [-0.4, -0.2) is 14.6 Å². The first kappa shape index (κ1) is 14.3. The Labute approximate surface area is 131 Å². The molecule has 1 aromatic carbocycles. The van der Waals surface area contributed by atoms with Gasteiger partial charge in [-0.05, 0) is 18.1 Å². The third kappa shape index (κ3) is 2.49. The van der Waals surface area contributed by atoms with E-state index in [-0.39, 0.29) is 17.4 Å². The summed E-state index contributed by atoms with van der Waals surface area (Å²) in [4.78, 5) is 4.35. The van der Waals surface area contributed by atoms with Crippen molar-refractivity contribution in [2.45, 2.75) is 19.8 Å². The molecule has 6 heteroatoms. The fourth-order valence-electron chi connectivity index (χ4n) is 2.24. The summed E-state index contributed by atoms with van der Waals surface area (Å²) in [6, 6.07) is 6.53. The summed E-state index contributed by atoms with van der Waals surface area (Å²) in [6.07, 6.45) is 2.78. The van der Waals surface area contributed by atoms with E-state index in [0.29, 0.717) is 21.9 Å². The van der Waals surface area contributed by atoms with E-state index in [2.05, 4.69) is 10.1 Å². The number of aromatic nitrogens is 3. The zero-order valence-corrected chi connectivity index (χ0v) is 12.8. The summed E-state index contributed by atoms with van der Waals surface area (Å²) >= 11 is 12.6. The van der Waals surface area contributed by atoms with Crippen molar-refractivity contribution >= 4 is 28.8 Å². The predicted molar refractivity (Wildman–Crippen MR) is 81.6 cm³/mol. The first-order valence-electron chi connectivity index (χ1n) is 6.55. The average Bonchev–Trinajstić information content (AvgIpc) is 2.88. The van der Waals surface area contributed by atoms with Crippen LogP contribution >= 0.6 is 23.2 Å². The molecular weight excluding hydrogens is 312 g/mol. The molecule has 3 aromatic rings. The van der Waals surface area contributed by atoms with Crippen LogP contribution in [-0.2, 0) is 12.8 Å². The number of fused-ring (bicyclic) bond motifs is 1. The minimum Gasteiger partial charge on any atom is -0.216 e. The summed E-state index contributed by atoms with van der Waals surface area (Å²) in [5.74, 6) is -0.292. The zero-order chi connectivity index (χ0) is 15.0. The van der Waals surface area contributed by atoms with Gasteiger partial charge < -0.3 is 0 Å². The quantitative estimate of drug-likeness (QED) is 0.671. The van der Waals surface area contributed by atoms with Crippen molar-refractivity contribution in [2.24, 2.45) is 0 Å². The second-order valence-corrected chi connectivity index (χ2v) is 5.41. The molecule has 0 fully saturated rings. The highest BCUT2D eigenvalue weighted by Crippen LogP contribution is 2.28. The average molecular weight is 324 g/mol. The molecule has 3 rings (SSSR count). The third-order valence-electron chi connectivity index (χ3n) is 3.41. The van der Waals surface area contributed by atoms with E-state index in [4.69, 9.17) is 23.2 Å². The first-order chi connectivity index (χ1) is 10.1. The van der Waals surface area contributed by atoms with Gasteiger partial charge in [0.05, 0.1) is 6.20 Å². The molecule has 108 valence electrons. The van der Waals surface area contributed by atoms with Gasteiger partial charge in [0.1, 0.15) is 16.1 Å². The van der Waals surface area contributed by atoms with Crippen molar-refractivity contribution in [3.8, 4) is 0 Å². The maximum atomic E-state index is 13.8. The van der Waals surface area contributed by atoms with Crippen molar-refractivity contribution in [1.82, 2.24) is 14.6 Å². The van der Waals surface area contributed by atoms with Gasteiger partial charge in [0, 0.05) is 17.5 Å². The topological polar surface area (TPSA) is 30.2 Å². The molecule has 0 aliphatic heterocycles. The first-order valence-corrected chi connectivity index (χ1v) is 7.31. The van der Waals surface area contributed by atoms with E-state index in [0.717, 1.165) is 12.0 Å². The lowest BCUT2D eigenvalue weighted by Crippen LogP contribution is -2.02. The van der Waals surface area contributed by atoms with Gasteiger partial charge in [0.25, 0.3) is 0 Å². The van der Waals surface area contributed by atoms with Gasteiger partial charge >= 0.3 is 0 Å². The molecule has 3 nitrogen and oxygen atoms in total. The van der Waals surface area contributed by atoms with Crippen molar-refractivity contribution in [2.75, 3.05) is 0 Å². The maximum Gasteiger partial charge on any atom is 0.161 e. The Morgan fingerprint density at radius 1 is 1.19 bits per heavy atom. The molecule has 0 N–H and O–H groups in total. The van der Waals surface area contributed by atoms with Crippen LogP contribution < -0.4 is 0 Å². The van der Waals surface area contributed by atoms with Gasteiger partial charge in [-0.25, -0.2) is 13.9 Å². The molecular formula is C15H12Cl2FN3. The fraction of sp³-hybridized carbons (Fsp3) is 0.200. The largest absolute Gasteiger partial charge is 0.216 e. The Balaban J connectivity index is 2.13. The number of halogens is 3. The molecule has 0 aliphatic carbocycles. The molecule has 0 saturated carbocycles. The highest BCUT2D eigenvalue weighted by Gasteiger charge is 2.17. The van der Waals surface area contributed by atoms with Crippen LogP contribution in [0.25, 0.3) is 5.65 Å². The molecule has 0 amide bonds. The Kier molecular flexibility index (Phi) is 3.83. The molecule has 0 aliphatic rings. The Bertz CT molecular complexity index is 814. The van der Waals surface area contributed by atoms with Crippen LogP contribution in [0, 0.1) is 5.82 Å². The Morgan fingerprint density at radius 3 is 2.67 bits per heavy atom. The number of aryl methyl sites for hydroxylation is 1. The molecule has 0 unspecified atom stereocenters. The van der Waals surface area contributed by atoms with Crippen molar-refractivity contribution in [3.63, 3.8) is 0 Å². The number of benzene rings is 1. The highest BCUT2D eigenvalue weighted by atomic mass is 35.5. The van der Waals surface area contributed by atoms with Crippen LogP contribution in [0.4, 0.5) is 4.39 Å². The van der Waals surface area contributed by atoms with Gasteiger partial charge in [-0.3, -0.25) is 0 Å². The van der Waals surface area contributed by atoms with Crippen LogP contribution in [0.2, 0.25) is 10.3 Å². The van der Waals surface area contributed by atoms with E-state index in [1.54, 1.807) is 28.9 Å². The summed E-state index contributed by atoms with van der Waals surface area (Å²) in [5, 5.41) is 4.88. The standard InChI is InChI=1S/C15H12Cl2FN3/c1-2-9-8-19-21-14(17)11(13(16)20-15(9)21)7-10-5-3-4-6-12(10)18/h3-6,8H,2,7H2,1H3. The molecule has 0 atom stereocenters. The number of hydrogen-bond acceptors (Lipinski definition) is 2. The third-order valence-corrected chi connectivity index (χ3v) is 4.11. The van der Waals surface area contributed by atoms with E-state index in [9.17, 15) is 4.39 Å². The van der Waals surface area contributed by atoms with Crippen LogP contribution in [0.15, 0.2) is 30.5 Å². The second kappa shape index (κ2) is 5.62. The monoisotopic (exact) mass is 323 g/mol. The Hall–Kier alpha value is -1.65. The summed E-state index contributed by atoms with van der Waals surface area (Å²) < 4.78 is 15.3. The smallest absolute Gasteiger partial charge is 0.161 e. The molecule has 2 aromatic heterocycles. The van der Waals surface area contributed by atoms with E-state index in [1.165, 1.54) is 6.07 Å². The minimum absolute atomic E-state index is 0.272. The molecule has 0 spiro atoms.